The highest BCUT2D eigenvalue weighted by Crippen LogP contribution is 2.15. The van der Waals surface area contributed by atoms with E-state index in [1.165, 1.54) is 12.1 Å². The molecule has 3 nitrogen and oxygen atoms in total. The fourth-order valence-electron chi connectivity index (χ4n) is 1.23. The quantitative estimate of drug-likeness (QED) is 0.834. The summed E-state index contributed by atoms with van der Waals surface area (Å²) in [6.07, 6.45) is 1.56. The summed E-state index contributed by atoms with van der Waals surface area (Å²) < 4.78 is 12.6. The number of anilines is 2. The van der Waals surface area contributed by atoms with Crippen LogP contribution >= 0.6 is 0 Å². The lowest BCUT2D eigenvalue weighted by atomic mass is 10.3. The highest BCUT2D eigenvalue weighted by atomic mass is 19.1. The molecule has 0 radical (unpaired) electrons. The van der Waals surface area contributed by atoms with Crippen LogP contribution in [0.2, 0.25) is 0 Å². The second kappa shape index (κ2) is 4.41. The second-order valence-electron chi connectivity index (χ2n) is 3.18. The largest absolute Gasteiger partial charge is 0.354 e. The Morgan fingerprint density at radius 3 is 2.31 bits per heavy atom. The van der Waals surface area contributed by atoms with Crippen molar-refractivity contribution in [2.75, 3.05) is 5.32 Å². The Bertz CT molecular complexity index is 511. The summed E-state index contributed by atoms with van der Waals surface area (Å²) in [5.41, 5.74) is 1.89. The van der Waals surface area contributed by atoms with Gasteiger partial charge in [0.15, 0.2) is 0 Å². The number of hydrogen-bond acceptors (Lipinski definition) is 3. The van der Waals surface area contributed by atoms with Crippen LogP contribution in [0.1, 0.15) is 5.69 Å². The smallest absolute Gasteiger partial charge is 0.140 e. The normalized spacial score (nSPS) is 9.50. The summed E-state index contributed by atoms with van der Waals surface area (Å²) in [6.45, 7) is 0. The van der Waals surface area contributed by atoms with E-state index in [0.717, 1.165) is 11.4 Å². The summed E-state index contributed by atoms with van der Waals surface area (Å²) in [7, 11) is 0. The molecule has 0 bridgehead atoms. The molecule has 1 N–H and O–H groups in total. The van der Waals surface area contributed by atoms with Gasteiger partial charge in [-0.2, -0.15) is 5.26 Å². The first-order chi connectivity index (χ1) is 7.78. The number of nitrogens with one attached hydrogen (secondary N) is 1. The second-order valence-corrected chi connectivity index (χ2v) is 3.18. The summed E-state index contributed by atoms with van der Waals surface area (Å²) in [6, 6.07) is 11.3. The van der Waals surface area contributed by atoms with Crippen LogP contribution in [0.4, 0.5) is 15.8 Å². The van der Waals surface area contributed by atoms with Crippen molar-refractivity contribution in [3.8, 4) is 6.07 Å². The average Bonchev–Trinajstić information content (AvgIpc) is 2.33. The van der Waals surface area contributed by atoms with Crippen molar-refractivity contribution in [2.45, 2.75) is 0 Å². The Balaban J connectivity index is 2.15. The molecule has 0 saturated heterocycles. The molecule has 0 amide bonds. The van der Waals surface area contributed by atoms with Gasteiger partial charge >= 0.3 is 0 Å². The Labute approximate surface area is 92.2 Å². The number of benzene rings is 1. The lowest BCUT2D eigenvalue weighted by Gasteiger charge is -2.05. The number of pyridine rings is 1. The predicted molar refractivity (Wildman–Crippen MR) is 58.6 cm³/mol. The molecule has 0 unspecified atom stereocenters. The molecule has 2 rings (SSSR count). The summed E-state index contributed by atoms with van der Waals surface area (Å²) >= 11 is 0. The Kier molecular flexibility index (Phi) is 2.79. The van der Waals surface area contributed by atoms with E-state index in [1.807, 2.05) is 6.07 Å². The van der Waals surface area contributed by atoms with Crippen molar-refractivity contribution in [2.24, 2.45) is 0 Å². The first kappa shape index (κ1) is 10.1. The van der Waals surface area contributed by atoms with E-state index in [-0.39, 0.29) is 5.82 Å². The van der Waals surface area contributed by atoms with E-state index in [9.17, 15) is 4.39 Å². The van der Waals surface area contributed by atoms with Gasteiger partial charge in [0.2, 0.25) is 0 Å². The molecule has 16 heavy (non-hydrogen) atoms. The van der Waals surface area contributed by atoms with E-state index in [1.54, 1.807) is 30.5 Å². The van der Waals surface area contributed by atoms with Gasteiger partial charge in [0.1, 0.15) is 17.6 Å². The summed E-state index contributed by atoms with van der Waals surface area (Å²) in [5, 5.41) is 11.6. The maximum Gasteiger partial charge on any atom is 0.140 e. The topological polar surface area (TPSA) is 48.7 Å². The van der Waals surface area contributed by atoms with Gasteiger partial charge in [-0.1, -0.05) is 0 Å². The standard InChI is InChI=1S/C12H8FN3/c13-9-1-3-10(4-2-9)16-12-6-5-11(7-14)15-8-12/h1-6,8,16H. The number of nitriles is 1. The third kappa shape index (κ3) is 2.34. The molecule has 0 spiro atoms. The number of aromatic nitrogens is 1. The van der Waals surface area contributed by atoms with Crippen molar-refractivity contribution in [3.63, 3.8) is 0 Å². The van der Waals surface area contributed by atoms with Crippen molar-refractivity contribution >= 4 is 11.4 Å². The fourth-order valence-corrected chi connectivity index (χ4v) is 1.23. The zero-order valence-electron chi connectivity index (χ0n) is 8.31. The van der Waals surface area contributed by atoms with E-state index in [4.69, 9.17) is 5.26 Å². The molecular formula is C12H8FN3. The minimum absolute atomic E-state index is 0.275. The number of halogens is 1. The maximum atomic E-state index is 12.6. The summed E-state index contributed by atoms with van der Waals surface area (Å²) in [4.78, 5) is 3.91. The third-order valence-corrected chi connectivity index (χ3v) is 2.01. The Morgan fingerprint density at radius 1 is 1.06 bits per heavy atom. The van der Waals surface area contributed by atoms with Crippen LogP contribution < -0.4 is 5.32 Å². The van der Waals surface area contributed by atoms with Gasteiger partial charge in [-0.05, 0) is 36.4 Å². The molecule has 1 aromatic heterocycles. The van der Waals surface area contributed by atoms with Crippen molar-refractivity contribution in [1.29, 1.82) is 5.26 Å². The molecule has 2 aromatic rings. The zero-order valence-corrected chi connectivity index (χ0v) is 8.31. The van der Waals surface area contributed by atoms with Crippen LogP contribution in [0.3, 0.4) is 0 Å². The first-order valence-corrected chi connectivity index (χ1v) is 4.67. The van der Waals surface area contributed by atoms with Gasteiger partial charge in [0.05, 0.1) is 11.9 Å². The molecule has 4 heteroatoms. The Morgan fingerprint density at radius 2 is 1.75 bits per heavy atom. The predicted octanol–water partition coefficient (Wildman–Crippen LogP) is 2.84. The highest BCUT2D eigenvalue weighted by Gasteiger charge is 1.96. The summed E-state index contributed by atoms with van der Waals surface area (Å²) in [5.74, 6) is -0.275. The minimum atomic E-state index is -0.275. The molecule has 0 fully saturated rings. The van der Waals surface area contributed by atoms with Crippen molar-refractivity contribution in [3.05, 3.63) is 54.1 Å². The van der Waals surface area contributed by atoms with Gasteiger partial charge in [-0.3, -0.25) is 0 Å². The van der Waals surface area contributed by atoms with Gasteiger partial charge < -0.3 is 5.32 Å². The molecule has 78 valence electrons. The number of rotatable bonds is 2. The maximum absolute atomic E-state index is 12.6. The number of nitrogens with zero attached hydrogens (tertiary/aromatic N) is 2. The lowest BCUT2D eigenvalue weighted by molar-refractivity contribution is 0.628. The molecular weight excluding hydrogens is 205 g/mol. The van der Waals surface area contributed by atoms with Crippen molar-refractivity contribution < 1.29 is 4.39 Å². The van der Waals surface area contributed by atoms with Gasteiger partial charge in [0.25, 0.3) is 0 Å². The molecule has 0 aliphatic heterocycles. The molecule has 0 atom stereocenters. The van der Waals surface area contributed by atoms with E-state index >= 15 is 0 Å². The monoisotopic (exact) mass is 213 g/mol. The van der Waals surface area contributed by atoms with Crippen LogP contribution in [0.25, 0.3) is 0 Å². The molecule has 0 aliphatic rings. The van der Waals surface area contributed by atoms with E-state index < -0.39 is 0 Å². The van der Waals surface area contributed by atoms with Crippen LogP contribution in [-0.2, 0) is 0 Å². The minimum Gasteiger partial charge on any atom is -0.354 e. The third-order valence-electron chi connectivity index (χ3n) is 2.01. The SMILES string of the molecule is N#Cc1ccc(Nc2ccc(F)cc2)cn1. The van der Waals surface area contributed by atoms with Crippen LogP contribution in [0.15, 0.2) is 42.6 Å². The molecule has 0 aliphatic carbocycles. The van der Waals surface area contributed by atoms with Crippen molar-refractivity contribution in [1.82, 2.24) is 4.98 Å². The zero-order chi connectivity index (χ0) is 11.4. The van der Waals surface area contributed by atoms with Crippen LogP contribution in [0.5, 0.6) is 0 Å². The van der Waals surface area contributed by atoms with Gasteiger partial charge in [-0.25, -0.2) is 9.37 Å². The van der Waals surface area contributed by atoms with Gasteiger partial charge in [0, 0.05) is 5.69 Å². The van der Waals surface area contributed by atoms with Crippen LogP contribution in [-0.4, -0.2) is 4.98 Å². The average molecular weight is 213 g/mol. The lowest BCUT2D eigenvalue weighted by Crippen LogP contribution is -1.91. The molecule has 1 aromatic carbocycles. The Hall–Kier alpha value is -2.41. The molecule has 0 saturated carbocycles. The first-order valence-electron chi connectivity index (χ1n) is 4.67. The van der Waals surface area contributed by atoms with Gasteiger partial charge in [-0.15, -0.1) is 0 Å². The van der Waals surface area contributed by atoms with E-state index in [2.05, 4.69) is 10.3 Å². The molecule has 1 heterocycles. The number of hydrogen-bond donors (Lipinski definition) is 1. The highest BCUT2D eigenvalue weighted by molar-refractivity contribution is 5.58. The van der Waals surface area contributed by atoms with E-state index in [0.29, 0.717) is 5.69 Å². The fraction of sp³-hybridized carbons (Fsp3) is 0. The van der Waals surface area contributed by atoms with Crippen LogP contribution in [0, 0.1) is 17.1 Å².